The number of nitro groups is 1. The summed E-state index contributed by atoms with van der Waals surface area (Å²) < 4.78 is 15.7. The SMILES string of the molecule is COc1ccc(C)cc1CCNC(=O)/C=C/c1cc2c(cc1[N+](=O)[O-])OCO2. The third-order valence-electron chi connectivity index (χ3n) is 4.26. The Morgan fingerprint density at radius 2 is 2.04 bits per heavy atom. The fourth-order valence-corrected chi connectivity index (χ4v) is 2.89. The van der Waals surface area contributed by atoms with Crippen LogP contribution in [-0.2, 0) is 11.2 Å². The number of benzene rings is 2. The van der Waals surface area contributed by atoms with Crippen LogP contribution in [0.4, 0.5) is 5.69 Å². The molecule has 8 nitrogen and oxygen atoms in total. The largest absolute Gasteiger partial charge is 0.496 e. The molecule has 0 atom stereocenters. The van der Waals surface area contributed by atoms with Gasteiger partial charge < -0.3 is 19.5 Å². The van der Waals surface area contributed by atoms with Gasteiger partial charge in [0.05, 0.1) is 23.7 Å². The van der Waals surface area contributed by atoms with Gasteiger partial charge in [0.25, 0.3) is 5.69 Å². The summed E-state index contributed by atoms with van der Waals surface area (Å²) in [6.07, 6.45) is 3.26. The van der Waals surface area contributed by atoms with Crippen LogP contribution in [0.3, 0.4) is 0 Å². The lowest BCUT2D eigenvalue weighted by Crippen LogP contribution is -2.23. The van der Waals surface area contributed by atoms with Gasteiger partial charge in [0.15, 0.2) is 11.5 Å². The number of nitrogens with one attached hydrogen (secondary N) is 1. The van der Waals surface area contributed by atoms with Crippen LogP contribution in [0.1, 0.15) is 16.7 Å². The lowest BCUT2D eigenvalue weighted by molar-refractivity contribution is -0.385. The monoisotopic (exact) mass is 384 g/mol. The lowest BCUT2D eigenvalue weighted by Gasteiger charge is -2.09. The molecule has 1 N–H and O–H groups in total. The van der Waals surface area contributed by atoms with Crippen molar-refractivity contribution in [3.63, 3.8) is 0 Å². The molecule has 146 valence electrons. The highest BCUT2D eigenvalue weighted by Gasteiger charge is 2.22. The molecule has 2 aromatic carbocycles. The molecular formula is C20H20N2O6. The second kappa shape index (κ2) is 8.43. The molecule has 1 amide bonds. The van der Waals surface area contributed by atoms with Gasteiger partial charge in [-0.3, -0.25) is 14.9 Å². The van der Waals surface area contributed by atoms with Crippen LogP contribution in [-0.4, -0.2) is 31.3 Å². The number of aryl methyl sites for hydroxylation is 1. The summed E-state index contributed by atoms with van der Waals surface area (Å²) in [5.74, 6) is 1.16. The first kappa shape index (κ1) is 19.2. The summed E-state index contributed by atoms with van der Waals surface area (Å²) >= 11 is 0. The minimum Gasteiger partial charge on any atom is -0.496 e. The molecule has 1 aliphatic rings. The van der Waals surface area contributed by atoms with Crippen molar-refractivity contribution in [1.29, 1.82) is 0 Å². The molecule has 3 rings (SSSR count). The van der Waals surface area contributed by atoms with Gasteiger partial charge in [0, 0.05) is 12.6 Å². The third-order valence-corrected chi connectivity index (χ3v) is 4.26. The highest BCUT2D eigenvalue weighted by Crippen LogP contribution is 2.38. The Kier molecular flexibility index (Phi) is 5.78. The Morgan fingerprint density at radius 3 is 2.75 bits per heavy atom. The Hall–Kier alpha value is -3.55. The first-order valence-corrected chi connectivity index (χ1v) is 8.65. The van der Waals surface area contributed by atoms with Gasteiger partial charge in [-0.25, -0.2) is 0 Å². The molecule has 0 aliphatic carbocycles. The van der Waals surface area contributed by atoms with E-state index in [1.807, 2.05) is 25.1 Å². The number of ether oxygens (including phenoxy) is 3. The van der Waals surface area contributed by atoms with Gasteiger partial charge >= 0.3 is 0 Å². The Morgan fingerprint density at radius 1 is 1.29 bits per heavy atom. The van der Waals surface area contributed by atoms with E-state index in [9.17, 15) is 14.9 Å². The smallest absolute Gasteiger partial charge is 0.280 e. The van der Waals surface area contributed by atoms with Crippen LogP contribution in [0.2, 0.25) is 0 Å². The van der Waals surface area contributed by atoms with Crippen LogP contribution in [0.25, 0.3) is 6.08 Å². The fraction of sp³-hybridized carbons (Fsp3) is 0.250. The molecule has 0 fully saturated rings. The predicted octanol–water partition coefficient (Wildman–Crippen LogP) is 3.01. The van der Waals surface area contributed by atoms with Crippen molar-refractivity contribution in [2.45, 2.75) is 13.3 Å². The number of carbonyl (C=O) groups excluding carboxylic acids is 1. The van der Waals surface area contributed by atoms with Crippen LogP contribution in [0.15, 0.2) is 36.4 Å². The molecule has 2 aromatic rings. The molecule has 1 heterocycles. The zero-order valence-corrected chi connectivity index (χ0v) is 15.6. The van der Waals surface area contributed by atoms with Crippen molar-refractivity contribution < 1.29 is 23.9 Å². The van der Waals surface area contributed by atoms with Gasteiger partial charge in [0.2, 0.25) is 12.7 Å². The van der Waals surface area contributed by atoms with Crippen molar-refractivity contribution in [1.82, 2.24) is 5.32 Å². The van der Waals surface area contributed by atoms with E-state index < -0.39 is 4.92 Å². The first-order valence-electron chi connectivity index (χ1n) is 8.65. The van der Waals surface area contributed by atoms with Gasteiger partial charge in [-0.2, -0.15) is 0 Å². The standard InChI is InChI=1S/C20H20N2O6/c1-13-3-5-17(26-2)15(9-13)7-8-21-20(23)6-4-14-10-18-19(28-12-27-18)11-16(14)22(24)25/h3-6,9-11H,7-8,12H2,1-2H3,(H,21,23)/b6-4+. The Bertz CT molecular complexity index is 939. The van der Waals surface area contributed by atoms with Crippen molar-refractivity contribution in [2.75, 3.05) is 20.4 Å². The van der Waals surface area contributed by atoms with E-state index in [1.54, 1.807) is 7.11 Å². The number of hydrogen-bond acceptors (Lipinski definition) is 6. The summed E-state index contributed by atoms with van der Waals surface area (Å²) in [6, 6.07) is 8.65. The lowest BCUT2D eigenvalue weighted by atomic mass is 10.1. The summed E-state index contributed by atoms with van der Waals surface area (Å²) in [6.45, 7) is 2.41. The molecule has 0 saturated heterocycles. The maximum absolute atomic E-state index is 12.1. The van der Waals surface area contributed by atoms with E-state index in [2.05, 4.69) is 5.32 Å². The van der Waals surface area contributed by atoms with Crippen molar-refractivity contribution in [2.24, 2.45) is 0 Å². The van der Waals surface area contributed by atoms with Crippen molar-refractivity contribution in [3.8, 4) is 17.2 Å². The molecule has 0 spiro atoms. The molecule has 0 radical (unpaired) electrons. The van der Waals surface area contributed by atoms with Crippen molar-refractivity contribution >= 4 is 17.7 Å². The second-order valence-electron chi connectivity index (χ2n) is 6.21. The van der Waals surface area contributed by atoms with E-state index in [1.165, 1.54) is 24.3 Å². The molecular weight excluding hydrogens is 364 g/mol. The number of amides is 1. The Labute approximate surface area is 161 Å². The van der Waals surface area contributed by atoms with Gasteiger partial charge in [-0.1, -0.05) is 17.7 Å². The van der Waals surface area contributed by atoms with E-state index in [-0.39, 0.29) is 24.0 Å². The number of carbonyl (C=O) groups is 1. The average Bonchev–Trinajstić information content (AvgIpc) is 3.13. The van der Waals surface area contributed by atoms with E-state index in [0.717, 1.165) is 16.9 Å². The number of methoxy groups -OCH3 is 1. The summed E-state index contributed by atoms with van der Waals surface area (Å²) in [5.41, 5.74) is 2.22. The minimum absolute atomic E-state index is 0.0164. The van der Waals surface area contributed by atoms with Crippen LogP contribution in [0.5, 0.6) is 17.2 Å². The molecule has 1 aliphatic heterocycles. The molecule has 28 heavy (non-hydrogen) atoms. The normalized spacial score (nSPS) is 12.2. The maximum Gasteiger partial charge on any atom is 0.280 e. The number of nitro benzene ring substituents is 1. The number of hydrogen-bond donors (Lipinski definition) is 1. The second-order valence-corrected chi connectivity index (χ2v) is 6.21. The highest BCUT2D eigenvalue weighted by atomic mass is 16.7. The third kappa shape index (κ3) is 4.40. The molecule has 8 heteroatoms. The quantitative estimate of drug-likeness (QED) is 0.447. The van der Waals surface area contributed by atoms with Crippen molar-refractivity contribution in [3.05, 3.63) is 63.2 Å². The minimum atomic E-state index is -0.524. The Balaban J connectivity index is 1.63. The number of rotatable bonds is 7. The summed E-state index contributed by atoms with van der Waals surface area (Å²) in [7, 11) is 1.60. The fourth-order valence-electron chi connectivity index (χ4n) is 2.89. The summed E-state index contributed by atoms with van der Waals surface area (Å²) in [4.78, 5) is 22.8. The first-order chi connectivity index (χ1) is 13.5. The van der Waals surface area contributed by atoms with E-state index in [0.29, 0.717) is 24.5 Å². The van der Waals surface area contributed by atoms with E-state index in [4.69, 9.17) is 14.2 Å². The molecule has 0 aromatic heterocycles. The number of fused-ring (bicyclic) bond motifs is 1. The molecule has 0 saturated carbocycles. The highest BCUT2D eigenvalue weighted by molar-refractivity contribution is 5.92. The summed E-state index contributed by atoms with van der Waals surface area (Å²) in [5, 5.41) is 14.0. The predicted molar refractivity (Wildman–Crippen MR) is 103 cm³/mol. The van der Waals surface area contributed by atoms with Crippen LogP contribution >= 0.6 is 0 Å². The van der Waals surface area contributed by atoms with Crippen LogP contribution < -0.4 is 19.5 Å². The topological polar surface area (TPSA) is 99.9 Å². The zero-order valence-electron chi connectivity index (χ0n) is 15.6. The zero-order chi connectivity index (χ0) is 20.1. The molecule has 0 unspecified atom stereocenters. The van der Waals surface area contributed by atoms with Gasteiger partial charge in [-0.15, -0.1) is 0 Å². The van der Waals surface area contributed by atoms with E-state index >= 15 is 0 Å². The maximum atomic E-state index is 12.1. The average molecular weight is 384 g/mol. The molecule has 0 bridgehead atoms. The number of nitrogens with zero attached hydrogens (tertiary/aromatic N) is 1. The van der Waals surface area contributed by atoms with Crippen LogP contribution in [0, 0.1) is 17.0 Å². The van der Waals surface area contributed by atoms with Gasteiger partial charge in [-0.05, 0) is 37.1 Å². The van der Waals surface area contributed by atoms with Gasteiger partial charge in [0.1, 0.15) is 5.75 Å².